The lowest BCUT2D eigenvalue weighted by Crippen LogP contribution is -1.96. The summed E-state index contributed by atoms with van der Waals surface area (Å²) in [4.78, 5) is 13.3. The number of hydrogen-bond donors (Lipinski definition) is 0. The Balaban J connectivity index is 1.85. The molecule has 25 heavy (non-hydrogen) atoms. The van der Waals surface area contributed by atoms with E-state index in [1.165, 1.54) is 0 Å². The zero-order valence-corrected chi connectivity index (χ0v) is 13.1. The average Bonchev–Trinajstić information content (AvgIpc) is 2.69. The molecule has 2 heterocycles. The molecule has 4 aromatic rings. The van der Waals surface area contributed by atoms with Gasteiger partial charge in [-0.05, 0) is 42.5 Å². The Kier molecular flexibility index (Phi) is 3.77. The molecule has 0 aliphatic carbocycles. The van der Waals surface area contributed by atoms with Gasteiger partial charge in [0, 0.05) is 18.0 Å². The molecule has 0 aliphatic rings. The maximum atomic E-state index is 9.05. The van der Waals surface area contributed by atoms with Gasteiger partial charge in [-0.25, -0.2) is 4.98 Å². The summed E-state index contributed by atoms with van der Waals surface area (Å²) in [6.07, 6.45) is 3.42. The zero-order valence-electron chi connectivity index (χ0n) is 13.1. The molecule has 0 fully saturated rings. The number of nitriles is 1. The van der Waals surface area contributed by atoms with Crippen LogP contribution in [0.1, 0.15) is 5.56 Å². The first-order chi connectivity index (χ1) is 12.3. The molecule has 0 saturated heterocycles. The van der Waals surface area contributed by atoms with Gasteiger partial charge in [-0.15, -0.1) is 0 Å². The Hall–Kier alpha value is -3.78. The molecule has 5 nitrogen and oxygen atoms in total. The number of benzene rings is 2. The summed E-state index contributed by atoms with van der Waals surface area (Å²) in [5.74, 6) is 1.54. The highest BCUT2D eigenvalue weighted by Gasteiger charge is 2.11. The number of ether oxygens (including phenoxy) is 1. The van der Waals surface area contributed by atoms with Crippen LogP contribution in [0.25, 0.3) is 22.3 Å². The molecule has 4 rings (SSSR count). The first-order valence-electron chi connectivity index (χ1n) is 7.69. The van der Waals surface area contributed by atoms with Gasteiger partial charge in [0.25, 0.3) is 0 Å². The Morgan fingerprint density at radius 3 is 2.68 bits per heavy atom. The van der Waals surface area contributed by atoms with Gasteiger partial charge in [0.15, 0.2) is 5.82 Å². The zero-order chi connectivity index (χ0) is 17.1. The first kappa shape index (κ1) is 14.8. The van der Waals surface area contributed by atoms with Crippen LogP contribution >= 0.6 is 0 Å². The molecule has 0 saturated carbocycles. The highest BCUT2D eigenvalue weighted by molar-refractivity contribution is 5.85. The number of aromatic nitrogens is 3. The van der Waals surface area contributed by atoms with Crippen LogP contribution in [0.3, 0.4) is 0 Å². The largest absolute Gasteiger partial charge is 0.438 e. The number of nitrogens with zero attached hydrogens (tertiary/aromatic N) is 4. The van der Waals surface area contributed by atoms with E-state index in [2.05, 4.69) is 21.0 Å². The maximum absolute atomic E-state index is 9.05. The number of rotatable bonds is 3. The van der Waals surface area contributed by atoms with Crippen LogP contribution in [0.5, 0.6) is 11.6 Å². The van der Waals surface area contributed by atoms with Crippen LogP contribution < -0.4 is 4.74 Å². The Morgan fingerprint density at radius 1 is 0.920 bits per heavy atom. The van der Waals surface area contributed by atoms with Crippen LogP contribution in [0, 0.1) is 11.3 Å². The SMILES string of the molecule is N#Cc1cccc(Oc2nc(-c3cccnc3)nc3ccccc23)c1. The molecular formula is C20H12N4O. The Bertz CT molecular complexity index is 1090. The summed E-state index contributed by atoms with van der Waals surface area (Å²) in [5.41, 5.74) is 2.12. The molecule has 2 aromatic heterocycles. The molecule has 0 amide bonds. The van der Waals surface area contributed by atoms with Crippen molar-refractivity contribution in [1.82, 2.24) is 15.0 Å². The van der Waals surface area contributed by atoms with E-state index >= 15 is 0 Å². The smallest absolute Gasteiger partial charge is 0.230 e. The van der Waals surface area contributed by atoms with Gasteiger partial charge in [0.2, 0.25) is 5.88 Å². The van der Waals surface area contributed by atoms with Gasteiger partial charge in [-0.1, -0.05) is 18.2 Å². The van der Waals surface area contributed by atoms with Crippen molar-refractivity contribution in [3.05, 3.63) is 78.6 Å². The van der Waals surface area contributed by atoms with E-state index in [4.69, 9.17) is 10.00 Å². The molecule has 0 atom stereocenters. The standard InChI is InChI=1S/C20H12N4O/c21-12-14-5-3-7-16(11-14)25-20-17-8-1-2-9-18(17)23-19(24-20)15-6-4-10-22-13-15/h1-11,13H. The highest BCUT2D eigenvalue weighted by Crippen LogP contribution is 2.30. The van der Waals surface area contributed by atoms with Gasteiger partial charge in [0.05, 0.1) is 22.5 Å². The molecule has 5 heteroatoms. The van der Waals surface area contributed by atoms with Crippen LogP contribution in [0.4, 0.5) is 0 Å². The molecule has 0 aliphatic heterocycles. The number of para-hydroxylation sites is 1. The van der Waals surface area contributed by atoms with E-state index in [0.29, 0.717) is 23.0 Å². The predicted octanol–water partition coefficient (Wildman–Crippen LogP) is 4.36. The van der Waals surface area contributed by atoms with Crippen LogP contribution in [0.2, 0.25) is 0 Å². The number of hydrogen-bond acceptors (Lipinski definition) is 5. The van der Waals surface area contributed by atoms with Crippen molar-refractivity contribution in [1.29, 1.82) is 5.26 Å². The molecule has 0 radical (unpaired) electrons. The first-order valence-corrected chi connectivity index (χ1v) is 7.69. The Labute approximate surface area is 144 Å². The summed E-state index contributed by atoms with van der Waals surface area (Å²) in [6.45, 7) is 0. The van der Waals surface area contributed by atoms with Crippen molar-refractivity contribution in [2.24, 2.45) is 0 Å². The van der Waals surface area contributed by atoms with Gasteiger partial charge in [-0.2, -0.15) is 10.2 Å². The molecule has 0 bridgehead atoms. The summed E-state index contributed by atoms with van der Waals surface area (Å²) in [5, 5.41) is 9.86. The number of pyridine rings is 1. The van der Waals surface area contributed by atoms with E-state index in [-0.39, 0.29) is 0 Å². The Morgan fingerprint density at radius 2 is 1.84 bits per heavy atom. The van der Waals surface area contributed by atoms with Gasteiger partial charge < -0.3 is 4.74 Å². The lowest BCUT2D eigenvalue weighted by molar-refractivity contribution is 0.469. The second-order valence-electron chi connectivity index (χ2n) is 5.35. The van der Waals surface area contributed by atoms with E-state index in [1.54, 1.807) is 36.7 Å². The predicted molar refractivity (Wildman–Crippen MR) is 94.0 cm³/mol. The normalized spacial score (nSPS) is 10.4. The molecular weight excluding hydrogens is 312 g/mol. The average molecular weight is 324 g/mol. The van der Waals surface area contributed by atoms with Crippen molar-refractivity contribution in [2.75, 3.05) is 0 Å². The number of fused-ring (bicyclic) bond motifs is 1. The maximum Gasteiger partial charge on any atom is 0.230 e. The second-order valence-corrected chi connectivity index (χ2v) is 5.35. The lowest BCUT2D eigenvalue weighted by atomic mass is 10.2. The molecule has 0 N–H and O–H groups in total. The minimum Gasteiger partial charge on any atom is -0.438 e. The summed E-state index contributed by atoms with van der Waals surface area (Å²) in [6, 6.07) is 20.5. The van der Waals surface area contributed by atoms with Crippen LogP contribution in [0.15, 0.2) is 73.1 Å². The topological polar surface area (TPSA) is 71.7 Å². The monoisotopic (exact) mass is 324 g/mol. The second kappa shape index (κ2) is 6.38. The fourth-order valence-electron chi connectivity index (χ4n) is 2.49. The van der Waals surface area contributed by atoms with E-state index in [0.717, 1.165) is 16.5 Å². The third kappa shape index (κ3) is 3.01. The van der Waals surface area contributed by atoms with Crippen molar-refractivity contribution in [2.45, 2.75) is 0 Å². The fourth-order valence-corrected chi connectivity index (χ4v) is 2.49. The van der Waals surface area contributed by atoms with Crippen molar-refractivity contribution in [3.8, 4) is 29.1 Å². The molecule has 118 valence electrons. The van der Waals surface area contributed by atoms with Crippen molar-refractivity contribution in [3.63, 3.8) is 0 Å². The third-order valence-corrected chi connectivity index (χ3v) is 3.67. The van der Waals surface area contributed by atoms with E-state index in [9.17, 15) is 0 Å². The van der Waals surface area contributed by atoms with E-state index < -0.39 is 0 Å². The van der Waals surface area contributed by atoms with Gasteiger partial charge in [-0.3, -0.25) is 4.98 Å². The quantitative estimate of drug-likeness (QED) is 0.560. The lowest BCUT2D eigenvalue weighted by Gasteiger charge is -2.10. The highest BCUT2D eigenvalue weighted by atomic mass is 16.5. The molecule has 0 spiro atoms. The summed E-state index contributed by atoms with van der Waals surface area (Å²) in [7, 11) is 0. The van der Waals surface area contributed by atoms with Crippen LogP contribution in [-0.2, 0) is 0 Å². The van der Waals surface area contributed by atoms with Gasteiger partial charge >= 0.3 is 0 Å². The minimum atomic E-state index is 0.444. The van der Waals surface area contributed by atoms with E-state index in [1.807, 2.05) is 36.4 Å². The van der Waals surface area contributed by atoms with Crippen LogP contribution in [-0.4, -0.2) is 15.0 Å². The summed E-state index contributed by atoms with van der Waals surface area (Å²) < 4.78 is 5.97. The third-order valence-electron chi connectivity index (χ3n) is 3.67. The summed E-state index contributed by atoms with van der Waals surface area (Å²) >= 11 is 0. The minimum absolute atomic E-state index is 0.444. The molecule has 0 unspecified atom stereocenters. The van der Waals surface area contributed by atoms with Crippen molar-refractivity contribution >= 4 is 10.9 Å². The van der Waals surface area contributed by atoms with Crippen molar-refractivity contribution < 1.29 is 4.74 Å². The fraction of sp³-hybridized carbons (Fsp3) is 0. The van der Waals surface area contributed by atoms with Gasteiger partial charge in [0.1, 0.15) is 5.75 Å². The molecule has 2 aromatic carbocycles.